The smallest absolute Gasteiger partial charge is 0.134 e. The van der Waals surface area contributed by atoms with Gasteiger partial charge in [0, 0.05) is 11.9 Å². The fourth-order valence-corrected chi connectivity index (χ4v) is 3.24. The van der Waals surface area contributed by atoms with E-state index in [0.717, 1.165) is 23.8 Å². The van der Waals surface area contributed by atoms with Gasteiger partial charge in [0.25, 0.3) is 0 Å². The maximum atomic E-state index is 6.02. The summed E-state index contributed by atoms with van der Waals surface area (Å²) in [4.78, 5) is 2.41. The summed E-state index contributed by atoms with van der Waals surface area (Å²) in [5.74, 6) is 1.85. The fourth-order valence-electron chi connectivity index (χ4n) is 3.24. The molecule has 108 valence electrons. The second-order valence-corrected chi connectivity index (χ2v) is 6.13. The van der Waals surface area contributed by atoms with E-state index in [1.807, 2.05) is 12.1 Å². The van der Waals surface area contributed by atoms with Crippen molar-refractivity contribution in [3.05, 3.63) is 35.6 Å². The van der Waals surface area contributed by atoms with Crippen molar-refractivity contribution in [2.24, 2.45) is 5.92 Å². The average Bonchev–Trinajstić information content (AvgIpc) is 3.01. The van der Waals surface area contributed by atoms with Crippen molar-refractivity contribution in [1.82, 2.24) is 10.2 Å². The van der Waals surface area contributed by atoms with Crippen LogP contribution in [0.15, 0.2) is 28.7 Å². The lowest BCUT2D eigenvalue weighted by Gasteiger charge is -2.16. The molecule has 1 aliphatic heterocycles. The number of furan rings is 1. The summed E-state index contributed by atoms with van der Waals surface area (Å²) in [5.41, 5.74) is 2.26. The topological polar surface area (TPSA) is 28.4 Å². The zero-order valence-corrected chi connectivity index (χ0v) is 12.6. The van der Waals surface area contributed by atoms with Gasteiger partial charge in [-0.2, -0.15) is 0 Å². The van der Waals surface area contributed by atoms with Crippen molar-refractivity contribution < 1.29 is 4.42 Å². The van der Waals surface area contributed by atoms with E-state index in [1.54, 1.807) is 0 Å². The van der Waals surface area contributed by atoms with Crippen molar-refractivity contribution in [2.75, 3.05) is 26.7 Å². The number of para-hydroxylation sites is 1. The van der Waals surface area contributed by atoms with E-state index < -0.39 is 0 Å². The highest BCUT2D eigenvalue weighted by atomic mass is 16.3. The zero-order valence-electron chi connectivity index (χ0n) is 12.6. The molecule has 1 saturated heterocycles. The SMILES string of the molecule is Cc1c(C(C)NCC2CCN(C)C2)oc2ccccc12. The van der Waals surface area contributed by atoms with E-state index in [-0.39, 0.29) is 6.04 Å². The predicted molar refractivity (Wildman–Crippen MR) is 83.0 cm³/mol. The molecule has 1 aromatic heterocycles. The molecule has 0 aliphatic carbocycles. The van der Waals surface area contributed by atoms with Crippen molar-refractivity contribution in [3.63, 3.8) is 0 Å². The first-order valence-electron chi connectivity index (χ1n) is 7.55. The molecule has 1 aliphatic rings. The number of benzene rings is 1. The molecular formula is C17H24N2O. The molecule has 2 unspecified atom stereocenters. The number of rotatable bonds is 4. The molecule has 0 saturated carbocycles. The van der Waals surface area contributed by atoms with Crippen LogP contribution < -0.4 is 5.32 Å². The van der Waals surface area contributed by atoms with Gasteiger partial charge in [-0.05, 0) is 58.0 Å². The van der Waals surface area contributed by atoms with Crippen molar-refractivity contribution in [1.29, 1.82) is 0 Å². The largest absolute Gasteiger partial charge is 0.459 e. The minimum Gasteiger partial charge on any atom is -0.459 e. The average molecular weight is 272 g/mol. The minimum absolute atomic E-state index is 0.272. The first-order chi connectivity index (χ1) is 9.65. The highest BCUT2D eigenvalue weighted by Gasteiger charge is 2.21. The highest BCUT2D eigenvalue weighted by molar-refractivity contribution is 5.82. The summed E-state index contributed by atoms with van der Waals surface area (Å²) in [6, 6.07) is 8.55. The molecule has 2 aromatic rings. The molecule has 0 bridgehead atoms. The third-order valence-electron chi connectivity index (χ3n) is 4.48. The fraction of sp³-hybridized carbons (Fsp3) is 0.529. The van der Waals surface area contributed by atoms with Gasteiger partial charge >= 0.3 is 0 Å². The minimum atomic E-state index is 0.272. The normalized spacial score (nSPS) is 21.6. The van der Waals surface area contributed by atoms with Crippen LogP contribution in [0.1, 0.15) is 30.7 Å². The van der Waals surface area contributed by atoms with Crippen LogP contribution >= 0.6 is 0 Å². The summed E-state index contributed by atoms with van der Waals surface area (Å²) in [5, 5.41) is 4.88. The van der Waals surface area contributed by atoms with Gasteiger partial charge in [-0.3, -0.25) is 0 Å². The Labute approximate surface area is 120 Å². The number of nitrogens with one attached hydrogen (secondary N) is 1. The molecule has 1 fully saturated rings. The maximum Gasteiger partial charge on any atom is 0.134 e. The lowest BCUT2D eigenvalue weighted by atomic mass is 10.1. The number of hydrogen-bond acceptors (Lipinski definition) is 3. The molecule has 3 rings (SSSR count). The zero-order chi connectivity index (χ0) is 14.1. The third kappa shape index (κ3) is 2.60. The van der Waals surface area contributed by atoms with Gasteiger partial charge in [-0.1, -0.05) is 18.2 Å². The van der Waals surface area contributed by atoms with Crippen molar-refractivity contribution in [3.8, 4) is 0 Å². The van der Waals surface area contributed by atoms with Crippen LogP contribution in [0, 0.1) is 12.8 Å². The predicted octanol–water partition coefficient (Wildman–Crippen LogP) is 3.34. The molecule has 20 heavy (non-hydrogen) atoms. The van der Waals surface area contributed by atoms with E-state index in [0.29, 0.717) is 0 Å². The lowest BCUT2D eigenvalue weighted by molar-refractivity contribution is 0.371. The summed E-state index contributed by atoms with van der Waals surface area (Å²) in [6.45, 7) is 7.86. The second-order valence-electron chi connectivity index (χ2n) is 6.13. The number of likely N-dealkylation sites (tertiary alicyclic amines) is 1. The van der Waals surface area contributed by atoms with Gasteiger partial charge in [-0.25, -0.2) is 0 Å². The summed E-state index contributed by atoms with van der Waals surface area (Å²) in [7, 11) is 2.20. The Morgan fingerprint density at radius 3 is 2.90 bits per heavy atom. The molecule has 0 spiro atoms. The molecule has 2 atom stereocenters. The lowest BCUT2D eigenvalue weighted by Crippen LogP contribution is -2.27. The Hall–Kier alpha value is -1.32. The number of hydrogen-bond donors (Lipinski definition) is 1. The van der Waals surface area contributed by atoms with E-state index >= 15 is 0 Å². The summed E-state index contributed by atoms with van der Waals surface area (Å²) in [6.07, 6.45) is 1.30. The van der Waals surface area contributed by atoms with Crippen molar-refractivity contribution >= 4 is 11.0 Å². The van der Waals surface area contributed by atoms with Gasteiger partial charge < -0.3 is 14.6 Å². The standard InChI is InChI=1S/C17H24N2O/c1-12-15-6-4-5-7-16(15)20-17(12)13(2)18-10-14-8-9-19(3)11-14/h4-7,13-14,18H,8-11H2,1-3H3. The van der Waals surface area contributed by atoms with Gasteiger partial charge in [0.1, 0.15) is 11.3 Å². The first-order valence-corrected chi connectivity index (χ1v) is 7.55. The van der Waals surface area contributed by atoms with E-state index in [9.17, 15) is 0 Å². The highest BCUT2D eigenvalue weighted by Crippen LogP contribution is 2.29. The molecule has 3 nitrogen and oxygen atoms in total. The monoisotopic (exact) mass is 272 g/mol. The Morgan fingerprint density at radius 1 is 1.40 bits per heavy atom. The van der Waals surface area contributed by atoms with Crippen LogP contribution in [0.5, 0.6) is 0 Å². The summed E-state index contributed by atoms with van der Waals surface area (Å²) < 4.78 is 6.02. The summed E-state index contributed by atoms with van der Waals surface area (Å²) >= 11 is 0. The molecule has 3 heteroatoms. The quantitative estimate of drug-likeness (QED) is 0.925. The molecule has 1 aromatic carbocycles. The number of fused-ring (bicyclic) bond motifs is 1. The van der Waals surface area contributed by atoms with Gasteiger partial charge in [0.2, 0.25) is 0 Å². The Morgan fingerprint density at radius 2 is 2.20 bits per heavy atom. The van der Waals surface area contributed by atoms with Gasteiger partial charge in [0.05, 0.1) is 6.04 Å². The molecule has 2 heterocycles. The molecular weight excluding hydrogens is 248 g/mol. The van der Waals surface area contributed by atoms with Crippen LogP contribution in [0.4, 0.5) is 0 Å². The van der Waals surface area contributed by atoms with Gasteiger partial charge in [-0.15, -0.1) is 0 Å². The number of aryl methyl sites for hydroxylation is 1. The van der Waals surface area contributed by atoms with Crippen LogP contribution in [0.2, 0.25) is 0 Å². The van der Waals surface area contributed by atoms with E-state index in [1.165, 1.54) is 30.5 Å². The Kier molecular flexibility index (Phi) is 3.81. The first kappa shape index (κ1) is 13.7. The van der Waals surface area contributed by atoms with E-state index in [2.05, 4.69) is 43.2 Å². The number of nitrogens with zero attached hydrogens (tertiary/aromatic N) is 1. The molecule has 1 N–H and O–H groups in total. The molecule has 0 amide bonds. The van der Waals surface area contributed by atoms with Crippen LogP contribution in [0.25, 0.3) is 11.0 Å². The third-order valence-corrected chi connectivity index (χ3v) is 4.48. The van der Waals surface area contributed by atoms with Crippen molar-refractivity contribution in [2.45, 2.75) is 26.3 Å². The van der Waals surface area contributed by atoms with Crippen LogP contribution in [-0.2, 0) is 0 Å². The molecule has 0 radical (unpaired) electrons. The second kappa shape index (κ2) is 5.58. The van der Waals surface area contributed by atoms with Crippen LogP contribution in [-0.4, -0.2) is 31.6 Å². The maximum absolute atomic E-state index is 6.02. The van der Waals surface area contributed by atoms with Gasteiger partial charge in [0.15, 0.2) is 0 Å². The van der Waals surface area contributed by atoms with Crippen LogP contribution in [0.3, 0.4) is 0 Å². The Balaban J connectivity index is 1.69. The van der Waals surface area contributed by atoms with E-state index in [4.69, 9.17) is 4.42 Å². The Bertz CT molecular complexity index is 590.